The van der Waals surface area contributed by atoms with Gasteiger partial charge in [-0.3, -0.25) is 9.59 Å². The fraction of sp³-hybridized carbons (Fsp3) is 0.500. The number of hydrogen-bond acceptors (Lipinski definition) is 5. The number of fused-ring (bicyclic) bond motifs is 1. The van der Waals surface area contributed by atoms with Gasteiger partial charge in [-0.1, -0.05) is 0 Å². The average Bonchev–Trinajstić information content (AvgIpc) is 2.69. The van der Waals surface area contributed by atoms with E-state index >= 15 is 0 Å². The number of rotatable bonds is 2. The fourth-order valence-electron chi connectivity index (χ4n) is 4.17. The van der Waals surface area contributed by atoms with Gasteiger partial charge >= 0.3 is 0 Å². The minimum Gasteiger partial charge on any atom is -0.368 e. The van der Waals surface area contributed by atoms with E-state index in [-0.39, 0.29) is 17.4 Å². The van der Waals surface area contributed by atoms with Gasteiger partial charge < -0.3 is 15.2 Å². The molecule has 4 rings (SSSR count). The van der Waals surface area contributed by atoms with E-state index in [0.29, 0.717) is 24.7 Å². The van der Waals surface area contributed by atoms with Crippen LogP contribution in [0.1, 0.15) is 58.9 Å². The summed E-state index contributed by atoms with van der Waals surface area (Å²) in [6.07, 6.45) is 7.37. The number of nitrogen functional groups attached to an aromatic ring is 1. The van der Waals surface area contributed by atoms with Gasteiger partial charge in [-0.15, -0.1) is 0 Å². The predicted octanol–water partition coefficient (Wildman–Crippen LogP) is 1.66. The van der Waals surface area contributed by atoms with Gasteiger partial charge in [0, 0.05) is 43.7 Å². The van der Waals surface area contributed by atoms with Crippen LogP contribution in [0.4, 0.5) is 5.95 Å². The lowest BCUT2D eigenvalue weighted by Crippen LogP contribution is -2.39. The predicted molar refractivity (Wildman–Crippen MR) is 103 cm³/mol. The molecule has 1 aliphatic heterocycles. The van der Waals surface area contributed by atoms with Crippen molar-refractivity contribution in [2.24, 2.45) is 7.05 Å². The van der Waals surface area contributed by atoms with Crippen LogP contribution in [0.2, 0.25) is 0 Å². The Balaban J connectivity index is 1.50. The summed E-state index contributed by atoms with van der Waals surface area (Å²) in [7, 11) is 1.75. The molecule has 1 saturated heterocycles. The molecule has 3 heterocycles. The zero-order valence-corrected chi connectivity index (χ0v) is 15.6. The lowest BCUT2D eigenvalue weighted by Gasteiger charge is -2.32. The molecule has 1 aliphatic carbocycles. The van der Waals surface area contributed by atoms with E-state index in [1.807, 2.05) is 17.2 Å². The number of hydrogen-bond donors (Lipinski definition) is 1. The Morgan fingerprint density at radius 2 is 1.93 bits per heavy atom. The normalized spacial score (nSPS) is 17.6. The molecule has 0 atom stereocenters. The molecule has 0 aromatic carbocycles. The Morgan fingerprint density at radius 1 is 1.19 bits per heavy atom. The highest BCUT2D eigenvalue weighted by atomic mass is 16.2. The number of carbonyl (C=O) groups excluding carboxylic acids is 1. The minimum absolute atomic E-state index is 0.00842. The van der Waals surface area contributed by atoms with E-state index in [1.165, 1.54) is 0 Å². The van der Waals surface area contributed by atoms with Crippen LogP contribution in [0.15, 0.2) is 23.1 Å². The highest BCUT2D eigenvalue weighted by molar-refractivity contribution is 5.94. The number of pyridine rings is 1. The first-order valence-corrected chi connectivity index (χ1v) is 9.64. The number of likely N-dealkylation sites (tertiary alicyclic amines) is 1. The zero-order chi connectivity index (χ0) is 19.0. The molecule has 0 bridgehead atoms. The van der Waals surface area contributed by atoms with Crippen LogP contribution in [0.3, 0.4) is 0 Å². The number of amides is 1. The molecule has 0 saturated carbocycles. The first-order chi connectivity index (χ1) is 13.0. The third-order valence-corrected chi connectivity index (χ3v) is 5.78. The van der Waals surface area contributed by atoms with E-state index < -0.39 is 0 Å². The summed E-state index contributed by atoms with van der Waals surface area (Å²) in [4.78, 5) is 35.5. The summed E-state index contributed by atoms with van der Waals surface area (Å²) in [5.74, 6) is 0.464. The first-order valence-electron chi connectivity index (χ1n) is 9.64. The third-order valence-electron chi connectivity index (χ3n) is 5.78. The second-order valence-electron chi connectivity index (χ2n) is 7.54. The number of piperidine rings is 1. The van der Waals surface area contributed by atoms with Crippen LogP contribution >= 0.6 is 0 Å². The van der Waals surface area contributed by atoms with Crippen molar-refractivity contribution in [3.8, 4) is 0 Å². The lowest BCUT2D eigenvalue weighted by atomic mass is 9.89. The van der Waals surface area contributed by atoms with Crippen LogP contribution in [0.25, 0.3) is 0 Å². The van der Waals surface area contributed by atoms with Crippen molar-refractivity contribution in [2.45, 2.75) is 44.4 Å². The molecule has 27 heavy (non-hydrogen) atoms. The smallest absolute Gasteiger partial charge is 0.272 e. The molecule has 1 amide bonds. The summed E-state index contributed by atoms with van der Waals surface area (Å²) >= 11 is 0. The molecule has 2 aromatic heterocycles. The highest BCUT2D eigenvalue weighted by Crippen LogP contribution is 2.29. The first kappa shape index (κ1) is 17.7. The average molecular weight is 367 g/mol. The Morgan fingerprint density at radius 3 is 2.67 bits per heavy atom. The van der Waals surface area contributed by atoms with Gasteiger partial charge in [0.25, 0.3) is 11.5 Å². The monoisotopic (exact) mass is 367 g/mol. The SMILES string of the molecule is Cn1ccc(C2CCN(C(=O)c3nc(N)nc4c3CCCC4)CC2)cc1=O. The number of nitrogens with two attached hydrogens (primary N) is 1. The van der Waals surface area contributed by atoms with Crippen molar-refractivity contribution >= 4 is 11.9 Å². The van der Waals surface area contributed by atoms with Gasteiger partial charge in [0.15, 0.2) is 0 Å². The summed E-state index contributed by atoms with van der Waals surface area (Å²) in [5.41, 5.74) is 9.33. The number of aryl methyl sites for hydroxylation is 2. The molecule has 2 N–H and O–H groups in total. The molecular weight excluding hydrogens is 342 g/mol. The maximum absolute atomic E-state index is 13.1. The molecule has 1 fully saturated rings. The number of aromatic nitrogens is 3. The molecule has 7 nitrogen and oxygen atoms in total. The van der Waals surface area contributed by atoms with Crippen molar-refractivity contribution in [3.63, 3.8) is 0 Å². The fourth-order valence-corrected chi connectivity index (χ4v) is 4.17. The van der Waals surface area contributed by atoms with Crippen molar-refractivity contribution in [2.75, 3.05) is 18.8 Å². The van der Waals surface area contributed by atoms with Gasteiger partial charge in [-0.05, 0) is 56.1 Å². The second-order valence-corrected chi connectivity index (χ2v) is 7.54. The molecule has 2 aliphatic rings. The van der Waals surface area contributed by atoms with E-state index in [2.05, 4.69) is 9.97 Å². The molecule has 0 radical (unpaired) electrons. The van der Waals surface area contributed by atoms with E-state index in [9.17, 15) is 9.59 Å². The molecule has 0 spiro atoms. The highest BCUT2D eigenvalue weighted by Gasteiger charge is 2.29. The zero-order valence-electron chi connectivity index (χ0n) is 15.6. The quantitative estimate of drug-likeness (QED) is 0.871. The largest absolute Gasteiger partial charge is 0.368 e. The van der Waals surface area contributed by atoms with Gasteiger partial charge in [-0.25, -0.2) is 9.97 Å². The van der Waals surface area contributed by atoms with Gasteiger partial charge in [0.1, 0.15) is 5.69 Å². The summed E-state index contributed by atoms with van der Waals surface area (Å²) in [6, 6.07) is 3.72. The molecule has 0 unspecified atom stereocenters. The van der Waals surface area contributed by atoms with Crippen molar-refractivity contribution in [1.29, 1.82) is 0 Å². The van der Waals surface area contributed by atoms with Crippen LogP contribution in [0.5, 0.6) is 0 Å². The number of nitrogens with zero attached hydrogens (tertiary/aromatic N) is 4. The second kappa shape index (κ2) is 7.13. The molecule has 2 aromatic rings. The summed E-state index contributed by atoms with van der Waals surface area (Å²) in [5, 5.41) is 0. The van der Waals surface area contributed by atoms with Crippen LogP contribution in [-0.4, -0.2) is 38.4 Å². The van der Waals surface area contributed by atoms with Gasteiger partial charge in [0.05, 0.1) is 0 Å². The number of carbonyl (C=O) groups is 1. The molecular formula is C20H25N5O2. The van der Waals surface area contributed by atoms with Crippen LogP contribution < -0.4 is 11.3 Å². The third kappa shape index (κ3) is 3.46. The topological polar surface area (TPSA) is 94.1 Å². The van der Waals surface area contributed by atoms with E-state index in [0.717, 1.165) is 55.3 Å². The molecule has 7 heteroatoms. The van der Waals surface area contributed by atoms with Crippen molar-refractivity contribution < 1.29 is 4.79 Å². The Hall–Kier alpha value is -2.70. The maximum Gasteiger partial charge on any atom is 0.272 e. The molecule has 142 valence electrons. The minimum atomic E-state index is -0.0373. The lowest BCUT2D eigenvalue weighted by molar-refractivity contribution is 0.0705. The Labute approximate surface area is 158 Å². The number of anilines is 1. The van der Waals surface area contributed by atoms with Crippen LogP contribution in [0, 0.1) is 0 Å². The maximum atomic E-state index is 13.1. The Bertz CT molecular complexity index is 928. The Kier molecular flexibility index (Phi) is 4.68. The van der Waals surface area contributed by atoms with Gasteiger partial charge in [0.2, 0.25) is 5.95 Å². The van der Waals surface area contributed by atoms with Gasteiger partial charge in [-0.2, -0.15) is 0 Å². The van der Waals surface area contributed by atoms with E-state index in [4.69, 9.17) is 5.73 Å². The standard InChI is InChI=1S/C20H25N5O2/c1-24-9-6-14(12-17(24)26)13-7-10-25(11-8-13)19(27)18-15-4-2-3-5-16(15)22-20(21)23-18/h6,9,12-13H,2-5,7-8,10-11H2,1H3,(H2,21,22,23). The summed E-state index contributed by atoms with van der Waals surface area (Å²) < 4.78 is 1.57. The van der Waals surface area contributed by atoms with Crippen LogP contribution in [-0.2, 0) is 19.9 Å². The van der Waals surface area contributed by atoms with Crippen molar-refractivity contribution in [1.82, 2.24) is 19.4 Å². The van der Waals surface area contributed by atoms with E-state index in [1.54, 1.807) is 17.7 Å². The van der Waals surface area contributed by atoms with Crippen molar-refractivity contribution in [3.05, 3.63) is 51.2 Å². The summed E-state index contributed by atoms with van der Waals surface area (Å²) in [6.45, 7) is 1.33.